The SMILES string of the molecule is COC(=O)NCC(=O)N1CCCC1c1ncc(-c2ccc3c(c2)C(=O)c2cc(-c4ccc5nc([C@@H]6[C@H]7CC[C@H](C7)N6C(=O)CNC(=O)OC)[nH]c5c4)ccc2-3)[nH]1. The summed E-state index contributed by atoms with van der Waals surface area (Å²) in [5, 5.41) is 4.97. The van der Waals surface area contributed by atoms with Crippen LogP contribution < -0.4 is 10.6 Å². The molecule has 5 aromatic rings. The molecule has 0 radical (unpaired) electrons. The van der Waals surface area contributed by atoms with Crippen LogP contribution in [-0.2, 0) is 19.1 Å². The highest BCUT2D eigenvalue weighted by molar-refractivity contribution is 6.22. The van der Waals surface area contributed by atoms with Crippen LogP contribution in [0.5, 0.6) is 0 Å². The Kier molecular flexibility index (Phi) is 8.78. The minimum Gasteiger partial charge on any atom is -0.453 e. The molecular formula is C41H40N8O7. The quantitative estimate of drug-likeness (QED) is 0.160. The number of H-pyrrole nitrogens is 2. The molecule has 0 spiro atoms. The molecule has 4 amide bonds. The topological polar surface area (TPSA) is 192 Å². The Hall–Kier alpha value is -6.51. The summed E-state index contributed by atoms with van der Waals surface area (Å²) in [7, 11) is 2.52. The van der Waals surface area contributed by atoms with E-state index in [4.69, 9.17) is 4.98 Å². The van der Waals surface area contributed by atoms with Gasteiger partial charge in [-0.1, -0.05) is 30.3 Å². The minimum absolute atomic E-state index is 0.0586. The van der Waals surface area contributed by atoms with Gasteiger partial charge in [-0.25, -0.2) is 19.6 Å². The maximum absolute atomic E-state index is 13.9. The smallest absolute Gasteiger partial charge is 0.407 e. The van der Waals surface area contributed by atoms with Gasteiger partial charge < -0.3 is 39.9 Å². The van der Waals surface area contributed by atoms with E-state index in [9.17, 15) is 24.0 Å². The van der Waals surface area contributed by atoms with Crippen molar-refractivity contribution >= 4 is 40.8 Å². The van der Waals surface area contributed by atoms with Gasteiger partial charge in [0.15, 0.2) is 5.78 Å². The number of aromatic amines is 2. The highest BCUT2D eigenvalue weighted by Gasteiger charge is 2.49. The zero-order valence-electron chi connectivity index (χ0n) is 30.9. The van der Waals surface area contributed by atoms with E-state index in [1.165, 1.54) is 14.2 Å². The van der Waals surface area contributed by atoms with E-state index in [0.717, 1.165) is 82.5 Å². The van der Waals surface area contributed by atoms with Gasteiger partial charge in [-0.2, -0.15) is 0 Å². The largest absolute Gasteiger partial charge is 0.453 e. The average molecular weight is 757 g/mol. The fourth-order valence-corrected chi connectivity index (χ4v) is 9.11. The molecular weight excluding hydrogens is 716 g/mol. The van der Waals surface area contributed by atoms with Crippen molar-refractivity contribution in [1.82, 2.24) is 40.4 Å². The second-order valence-electron chi connectivity index (χ2n) is 14.8. The van der Waals surface area contributed by atoms with Gasteiger partial charge in [0, 0.05) is 29.3 Å². The van der Waals surface area contributed by atoms with Crippen LogP contribution in [0.1, 0.15) is 71.8 Å². The van der Waals surface area contributed by atoms with Crippen molar-refractivity contribution in [2.45, 2.75) is 50.2 Å². The van der Waals surface area contributed by atoms with Crippen LogP contribution in [0.4, 0.5) is 9.59 Å². The van der Waals surface area contributed by atoms with Gasteiger partial charge in [-0.3, -0.25) is 14.4 Å². The molecule has 15 nitrogen and oxygen atoms in total. The average Bonchev–Trinajstić information content (AvgIpc) is 4.09. The van der Waals surface area contributed by atoms with E-state index in [1.54, 1.807) is 11.1 Å². The van der Waals surface area contributed by atoms with Crippen molar-refractivity contribution in [2.24, 2.45) is 5.92 Å². The molecule has 286 valence electrons. The second-order valence-corrected chi connectivity index (χ2v) is 14.8. The monoisotopic (exact) mass is 756 g/mol. The van der Waals surface area contributed by atoms with Crippen LogP contribution in [-0.4, -0.2) is 99.4 Å². The molecule has 3 aromatic carbocycles. The molecule has 2 aromatic heterocycles. The fourth-order valence-electron chi connectivity index (χ4n) is 9.11. The summed E-state index contributed by atoms with van der Waals surface area (Å²) in [4.78, 5) is 83.2. The van der Waals surface area contributed by atoms with Gasteiger partial charge in [-0.15, -0.1) is 0 Å². The van der Waals surface area contributed by atoms with E-state index >= 15 is 0 Å². The summed E-state index contributed by atoms with van der Waals surface area (Å²) < 4.78 is 9.23. The number of ether oxygens (including phenoxy) is 2. The Labute approximate surface area is 321 Å². The third kappa shape index (κ3) is 6.03. The van der Waals surface area contributed by atoms with Crippen molar-refractivity contribution in [3.63, 3.8) is 0 Å². The number of rotatable bonds is 8. The number of amides is 4. The number of likely N-dealkylation sites (tertiary alicyclic amines) is 2. The fraction of sp³-hybridized carbons (Fsp3) is 0.341. The number of nitrogens with zero attached hydrogens (tertiary/aromatic N) is 4. The maximum Gasteiger partial charge on any atom is 0.407 e. The predicted molar refractivity (Wildman–Crippen MR) is 203 cm³/mol. The van der Waals surface area contributed by atoms with Gasteiger partial charge in [0.25, 0.3) is 0 Å². The lowest BCUT2D eigenvalue weighted by Crippen LogP contribution is -2.45. The van der Waals surface area contributed by atoms with Crippen molar-refractivity contribution in [1.29, 1.82) is 0 Å². The van der Waals surface area contributed by atoms with E-state index in [1.807, 2.05) is 59.5 Å². The zero-order chi connectivity index (χ0) is 38.7. The molecule has 1 saturated carbocycles. The summed E-state index contributed by atoms with van der Waals surface area (Å²) >= 11 is 0. The Balaban J connectivity index is 0.928. The lowest BCUT2D eigenvalue weighted by molar-refractivity contribution is -0.135. The molecule has 2 bridgehead atoms. The molecule has 4 atom stereocenters. The number of fused-ring (bicyclic) bond motifs is 6. The van der Waals surface area contributed by atoms with Crippen molar-refractivity contribution in [2.75, 3.05) is 33.9 Å². The number of nitrogens with one attached hydrogen (secondary N) is 4. The lowest BCUT2D eigenvalue weighted by atomic mass is 9.98. The third-order valence-corrected chi connectivity index (χ3v) is 11.7. The molecule has 4 N–H and O–H groups in total. The number of alkyl carbamates (subject to hydrolysis) is 2. The molecule has 2 saturated heterocycles. The summed E-state index contributed by atoms with van der Waals surface area (Å²) in [6.45, 7) is 0.271. The minimum atomic E-state index is -0.660. The Morgan fingerprint density at radius 1 is 0.786 bits per heavy atom. The Bertz CT molecular complexity index is 2440. The number of benzene rings is 3. The van der Waals surface area contributed by atoms with Crippen LogP contribution >= 0.6 is 0 Å². The van der Waals surface area contributed by atoms with Gasteiger partial charge in [0.1, 0.15) is 24.7 Å². The zero-order valence-corrected chi connectivity index (χ0v) is 30.9. The first kappa shape index (κ1) is 35.2. The molecule has 2 aliphatic carbocycles. The number of ketones is 1. The molecule has 56 heavy (non-hydrogen) atoms. The van der Waals surface area contributed by atoms with Crippen LogP contribution in [0.2, 0.25) is 0 Å². The Morgan fingerprint density at radius 3 is 2.21 bits per heavy atom. The summed E-state index contributed by atoms with van der Waals surface area (Å²) in [5.74, 6) is 1.25. The van der Waals surface area contributed by atoms with Crippen molar-refractivity contribution in [3.05, 3.63) is 83.6 Å². The first-order valence-corrected chi connectivity index (χ1v) is 18.8. The number of carbonyl (C=O) groups is 5. The highest BCUT2D eigenvalue weighted by Crippen LogP contribution is 2.50. The first-order valence-electron chi connectivity index (χ1n) is 18.8. The number of hydrogen-bond acceptors (Lipinski definition) is 9. The molecule has 9 rings (SSSR count). The van der Waals surface area contributed by atoms with Gasteiger partial charge in [0.2, 0.25) is 11.8 Å². The normalized spacial score (nSPS) is 20.6. The number of imidazole rings is 2. The van der Waals surface area contributed by atoms with E-state index < -0.39 is 12.2 Å². The second kappa shape index (κ2) is 14.0. The first-order chi connectivity index (χ1) is 27.2. The van der Waals surface area contributed by atoms with Crippen LogP contribution in [0.15, 0.2) is 60.8 Å². The van der Waals surface area contributed by atoms with Crippen molar-refractivity contribution in [3.8, 4) is 33.5 Å². The lowest BCUT2D eigenvalue weighted by Gasteiger charge is -2.34. The summed E-state index contributed by atoms with van der Waals surface area (Å²) in [6.07, 6.45) is 4.84. The molecule has 1 unspecified atom stereocenters. The summed E-state index contributed by atoms with van der Waals surface area (Å²) in [5.41, 5.74) is 7.96. The summed E-state index contributed by atoms with van der Waals surface area (Å²) in [6, 6.07) is 17.4. The molecule has 4 heterocycles. The predicted octanol–water partition coefficient (Wildman–Crippen LogP) is 5.26. The number of methoxy groups -OCH3 is 2. The van der Waals surface area contributed by atoms with E-state index in [-0.39, 0.29) is 48.8 Å². The maximum atomic E-state index is 13.9. The van der Waals surface area contributed by atoms with Crippen LogP contribution in [0.3, 0.4) is 0 Å². The number of aromatic nitrogens is 4. The van der Waals surface area contributed by atoms with E-state index in [2.05, 4.69) is 35.1 Å². The standard InChI is InChI=1S/C41H40N8O7/c1-55-40(53)43-19-34(50)48-13-3-4-33(48)38-42-18-32(47-38)23-7-11-27-26-10-6-21(15-28(26)37(52)29(27)16-23)22-8-12-30-31(17-22)46-39(45-30)36-24-5-9-25(14-24)49(36)35(51)20-44-41(54)56-2/h6-8,10-12,15-18,24-25,33,36H,3-5,9,13-14,19-20H2,1-2H3,(H,42,47)(H,43,53)(H,44,54)(H,45,46)/t24-,25+,33?,36-/m0/s1. The van der Waals surface area contributed by atoms with Gasteiger partial charge in [-0.05, 0) is 84.5 Å². The highest BCUT2D eigenvalue weighted by atomic mass is 16.5. The van der Waals surface area contributed by atoms with Gasteiger partial charge >= 0.3 is 12.2 Å². The molecule has 4 aliphatic rings. The number of piperidine rings is 1. The van der Waals surface area contributed by atoms with Crippen LogP contribution in [0, 0.1) is 5.92 Å². The molecule has 2 aliphatic heterocycles. The Morgan fingerprint density at radius 2 is 1.46 bits per heavy atom. The number of carbonyl (C=O) groups excluding carboxylic acids is 5. The number of hydrogen-bond donors (Lipinski definition) is 4. The van der Waals surface area contributed by atoms with Crippen LogP contribution in [0.25, 0.3) is 44.5 Å². The van der Waals surface area contributed by atoms with E-state index in [0.29, 0.717) is 29.4 Å². The molecule has 3 fully saturated rings. The van der Waals surface area contributed by atoms with Gasteiger partial charge in [0.05, 0.1) is 49.2 Å². The third-order valence-electron chi connectivity index (χ3n) is 11.7. The van der Waals surface area contributed by atoms with Crippen molar-refractivity contribution < 1.29 is 33.4 Å². The molecule has 15 heteroatoms.